The number of benzene rings is 1. The van der Waals surface area contributed by atoms with Crippen molar-refractivity contribution in [2.75, 3.05) is 6.54 Å². The Bertz CT molecular complexity index is 434. The predicted octanol–water partition coefficient (Wildman–Crippen LogP) is 2.18. The monoisotopic (exact) mass is 247 g/mol. The molecule has 1 aromatic carbocycles. The lowest BCUT2D eigenvalue weighted by atomic mass is 10.0. The Morgan fingerprint density at radius 1 is 1.39 bits per heavy atom. The average molecular weight is 247 g/mol. The van der Waals surface area contributed by atoms with Crippen LogP contribution in [-0.2, 0) is 16.1 Å². The summed E-state index contributed by atoms with van der Waals surface area (Å²) in [5.41, 5.74) is 1.01. The van der Waals surface area contributed by atoms with Gasteiger partial charge in [0.1, 0.15) is 12.7 Å². The molecular formula is C14H17NO3. The number of fused-ring (bicyclic) bond motifs is 1. The van der Waals surface area contributed by atoms with Crippen molar-refractivity contribution in [1.82, 2.24) is 4.90 Å². The molecule has 0 N–H and O–H groups in total. The highest BCUT2D eigenvalue weighted by atomic mass is 16.6. The Hall–Kier alpha value is -1.55. The smallest absolute Gasteiger partial charge is 0.410 e. The third-order valence-electron chi connectivity index (χ3n) is 3.61. The fourth-order valence-electron chi connectivity index (χ4n) is 2.44. The highest BCUT2D eigenvalue weighted by molar-refractivity contribution is 5.68. The van der Waals surface area contributed by atoms with E-state index in [0.717, 1.165) is 12.0 Å². The third kappa shape index (κ3) is 2.34. The van der Waals surface area contributed by atoms with Gasteiger partial charge in [-0.2, -0.15) is 0 Å². The van der Waals surface area contributed by atoms with Gasteiger partial charge in [0, 0.05) is 6.04 Å². The molecule has 2 saturated heterocycles. The van der Waals surface area contributed by atoms with Gasteiger partial charge in [0.15, 0.2) is 0 Å². The van der Waals surface area contributed by atoms with Crippen LogP contribution in [0.25, 0.3) is 0 Å². The molecule has 1 aromatic rings. The molecule has 0 spiro atoms. The number of hydrogen-bond donors (Lipinski definition) is 0. The van der Waals surface area contributed by atoms with Crippen molar-refractivity contribution in [3.8, 4) is 0 Å². The molecule has 96 valence electrons. The van der Waals surface area contributed by atoms with Gasteiger partial charge >= 0.3 is 6.09 Å². The van der Waals surface area contributed by atoms with Crippen LogP contribution in [0.3, 0.4) is 0 Å². The van der Waals surface area contributed by atoms with Crippen LogP contribution in [0.4, 0.5) is 4.79 Å². The van der Waals surface area contributed by atoms with Gasteiger partial charge in [-0.1, -0.05) is 30.3 Å². The van der Waals surface area contributed by atoms with Crippen LogP contribution in [-0.4, -0.2) is 35.8 Å². The number of likely N-dealkylation sites (tertiary alicyclic amines) is 1. The number of carbonyl (C=O) groups is 1. The van der Waals surface area contributed by atoms with Crippen LogP contribution in [0, 0.1) is 0 Å². The van der Waals surface area contributed by atoms with Crippen LogP contribution in [0.5, 0.6) is 0 Å². The Morgan fingerprint density at radius 3 is 2.94 bits per heavy atom. The largest absolute Gasteiger partial charge is 0.445 e. The number of epoxide rings is 1. The molecule has 0 radical (unpaired) electrons. The molecule has 18 heavy (non-hydrogen) atoms. The average Bonchev–Trinajstić information content (AvgIpc) is 3.14. The minimum absolute atomic E-state index is 0.206. The van der Waals surface area contributed by atoms with E-state index in [0.29, 0.717) is 19.3 Å². The van der Waals surface area contributed by atoms with Crippen LogP contribution < -0.4 is 0 Å². The Labute approximate surface area is 106 Å². The molecule has 0 saturated carbocycles. The summed E-state index contributed by atoms with van der Waals surface area (Å²) in [4.78, 5) is 13.8. The van der Waals surface area contributed by atoms with Crippen molar-refractivity contribution < 1.29 is 14.3 Å². The standard InChI is InChI=1S/C14H17NO3/c1-10-7-12-13(18-12)8-15(10)14(16)17-9-11-5-3-2-4-6-11/h2-6,10,12-13H,7-9H2,1H3/t10-,12+,13-/m1/s1. The van der Waals surface area contributed by atoms with E-state index in [4.69, 9.17) is 9.47 Å². The Morgan fingerprint density at radius 2 is 2.17 bits per heavy atom. The molecule has 0 aliphatic carbocycles. The van der Waals surface area contributed by atoms with E-state index in [1.165, 1.54) is 0 Å². The molecule has 2 heterocycles. The van der Waals surface area contributed by atoms with E-state index in [1.54, 1.807) is 4.90 Å². The van der Waals surface area contributed by atoms with Crippen LogP contribution >= 0.6 is 0 Å². The fraction of sp³-hybridized carbons (Fsp3) is 0.500. The number of hydrogen-bond acceptors (Lipinski definition) is 3. The van der Waals surface area contributed by atoms with E-state index in [1.807, 2.05) is 37.3 Å². The maximum absolute atomic E-state index is 12.0. The minimum Gasteiger partial charge on any atom is -0.445 e. The van der Waals surface area contributed by atoms with Crippen molar-refractivity contribution in [2.24, 2.45) is 0 Å². The molecule has 0 bridgehead atoms. The summed E-state index contributed by atoms with van der Waals surface area (Å²) in [6, 6.07) is 9.93. The molecule has 1 amide bonds. The zero-order chi connectivity index (χ0) is 12.5. The van der Waals surface area contributed by atoms with Gasteiger partial charge in [0.2, 0.25) is 0 Å². The molecule has 2 aliphatic rings. The summed E-state index contributed by atoms with van der Waals surface area (Å²) in [6.07, 6.45) is 1.30. The van der Waals surface area contributed by atoms with Gasteiger partial charge in [-0.25, -0.2) is 4.79 Å². The maximum Gasteiger partial charge on any atom is 0.410 e. The quantitative estimate of drug-likeness (QED) is 0.752. The van der Waals surface area contributed by atoms with Crippen molar-refractivity contribution >= 4 is 6.09 Å². The fourth-order valence-corrected chi connectivity index (χ4v) is 2.44. The first-order chi connectivity index (χ1) is 8.74. The first kappa shape index (κ1) is 11.5. The molecule has 0 aromatic heterocycles. The second-order valence-electron chi connectivity index (χ2n) is 4.99. The summed E-state index contributed by atoms with van der Waals surface area (Å²) in [5.74, 6) is 0. The summed E-state index contributed by atoms with van der Waals surface area (Å²) in [5, 5.41) is 0. The number of ether oxygens (including phenoxy) is 2. The lowest BCUT2D eigenvalue weighted by molar-refractivity contribution is 0.0766. The molecule has 3 atom stereocenters. The number of nitrogens with zero attached hydrogens (tertiary/aromatic N) is 1. The Kier molecular flexibility index (Phi) is 2.96. The van der Waals surface area contributed by atoms with Gasteiger partial charge in [0.25, 0.3) is 0 Å². The zero-order valence-electron chi connectivity index (χ0n) is 10.4. The molecule has 3 rings (SSSR count). The van der Waals surface area contributed by atoms with Crippen molar-refractivity contribution in [2.45, 2.75) is 38.2 Å². The van der Waals surface area contributed by atoms with E-state index in [9.17, 15) is 4.79 Å². The van der Waals surface area contributed by atoms with Gasteiger partial charge in [0.05, 0.1) is 12.6 Å². The SMILES string of the molecule is C[C@@H]1C[C@@H]2O[C@@H]2CN1C(=O)OCc1ccccc1. The second-order valence-corrected chi connectivity index (χ2v) is 4.99. The molecule has 2 aliphatic heterocycles. The van der Waals surface area contributed by atoms with Crippen LogP contribution in [0.2, 0.25) is 0 Å². The topological polar surface area (TPSA) is 42.1 Å². The molecule has 0 unspecified atom stereocenters. The van der Waals surface area contributed by atoms with Crippen LogP contribution in [0.15, 0.2) is 30.3 Å². The van der Waals surface area contributed by atoms with Crippen LogP contribution in [0.1, 0.15) is 18.9 Å². The summed E-state index contributed by atoms with van der Waals surface area (Å²) in [6.45, 7) is 3.04. The summed E-state index contributed by atoms with van der Waals surface area (Å²) < 4.78 is 10.8. The van der Waals surface area contributed by atoms with Gasteiger partial charge < -0.3 is 14.4 Å². The number of piperidine rings is 1. The summed E-state index contributed by atoms with van der Waals surface area (Å²) >= 11 is 0. The molecule has 4 nitrogen and oxygen atoms in total. The lowest BCUT2D eigenvalue weighted by Crippen LogP contribution is -2.45. The van der Waals surface area contributed by atoms with Crippen molar-refractivity contribution in [3.63, 3.8) is 0 Å². The molecule has 4 heteroatoms. The first-order valence-corrected chi connectivity index (χ1v) is 6.37. The third-order valence-corrected chi connectivity index (χ3v) is 3.61. The van der Waals surface area contributed by atoms with E-state index < -0.39 is 0 Å². The van der Waals surface area contributed by atoms with Crippen molar-refractivity contribution in [1.29, 1.82) is 0 Å². The molecular weight excluding hydrogens is 230 g/mol. The highest BCUT2D eigenvalue weighted by Gasteiger charge is 2.47. The zero-order valence-corrected chi connectivity index (χ0v) is 10.4. The second kappa shape index (κ2) is 4.61. The van der Waals surface area contributed by atoms with E-state index >= 15 is 0 Å². The minimum atomic E-state index is -0.236. The molecule has 2 fully saturated rings. The van der Waals surface area contributed by atoms with E-state index in [2.05, 4.69) is 0 Å². The number of rotatable bonds is 2. The number of amides is 1. The van der Waals surface area contributed by atoms with Gasteiger partial charge in [-0.05, 0) is 18.9 Å². The maximum atomic E-state index is 12.0. The normalized spacial score (nSPS) is 29.6. The number of carbonyl (C=O) groups excluding carboxylic acids is 1. The van der Waals surface area contributed by atoms with E-state index in [-0.39, 0.29) is 18.2 Å². The predicted molar refractivity (Wildman–Crippen MR) is 66.1 cm³/mol. The van der Waals surface area contributed by atoms with Gasteiger partial charge in [-0.15, -0.1) is 0 Å². The van der Waals surface area contributed by atoms with Crippen molar-refractivity contribution in [3.05, 3.63) is 35.9 Å². The van der Waals surface area contributed by atoms with Gasteiger partial charge in [-0.3, -0.25) is 0 Å². The lowest BCUT2D eigenvalue weighted by Gasteiger charge is -2.30. The first-order valence-electron chi connectivity index (χ1n) is 6.37. The Balaban J connectivity index is 1.54. The summed E-state index contributed by atoms with van der Waals surface area (Å²) in [7, 11) is 0. The highest BCUT2D eigenvalue weighted by Crippen LogP contribution is 2.34.